The van der Waals surface area contributed by atoms with Crippen molar-refractivity contribution in [2.45, 2.75) is 43.2 Å². The van der Waals surface area contributed by atoms with Crippen LogP contribution in [0.3, 0.4) is 0 Å². The predicted octanol–water partition coefficient (Wildman–Crippen LogP) is 4.24. The number of carbonyl (C=O) groups is 1. The Labute approximate surface area is 151 Å². The average Bonchev–Trinajstić information content (AvgIpc) is 3.17. The van der Waals surface area contributed by atoms with Gasteiger partial charge in [0, 0.05) is 23.0 Å². The second kappa shape index (κ2) is 6.99. The molecule has 0 atom stereocenters. The zero-order chi connectivity index (χ0) is 18.2. The van der Waals surface area contributed by atoms with Gasteiger partial charge in [-0.25, -0.2) is 0 Å². The smallest absolute Gasteiger partial charge is 0.351 e. The molecule has 5 nitrogen and oxygen atoms in total. The van der Waals surface area contributed by atoms with Crippen LogP contribution in [0.2, 0.25) is 0 Å². The Hall–Kier alpha value is -1.55. The highest BCUT2D eigenvalue weighted by Crippen LogP contribution is 2.38. The molecule has 1 N–H and O–H groups in total. The van der Waals surface area contributed by atoms with E-state index in [4.69, 9.17) is 0 Å². The van der Waals surface area contributed by atoms with Crippen molar-refractivity contribution in [3.63, 3.8) is 0 Å². The summed E-state index contributed by atoms with van der Waals surface area (Å²) in [5.74, 6) is 0.174. The Bertz CT molecular complexity index is 780. The third kappa shape index (κ3) is 4.55. The molecule has 0 unspecified atom stereocenters. The molecule has 0 radical (unpaired) electrons. The largest absolute Gasteiger partial charge is 0.405 e. The molecular weight excluding hydrogens is 373 g/mol. The number of halogens is 3. The molecule has 1 fully saturated rings. The minimum absolute atomic E-state index is 0.00926. The molecule has 0 saturated heterocycles. The summed E-state index contributed by atoms with van der Waals surface area (Å²) in [5, 5.41) is 9.75. The second-order valence-corrected chi connectivity index (χ2v) is 8.14. The first kappa shape index (κ1) is 18.2. The maximum absolute atomic E-state index is 12.5. The highest BCUT2D eigenvalue weighted by atomic mass is 32.2. The lowest BCUT2D eigenvalue weighted by Crippen LogP contribution is -2.21. The van der Waals surface area contributed by atoms with Gasteiger partial charge in [0.05, 0.1) is 5.75 Å². The molecule has 1 aliphatic rings. The van der Waals surface area contributed by atoms with Gasteiger partial charge in [-0.05, 0) is 32.8 Å². The molecule has 0 spiro atoms. The van der Waals surface area contributed by atoms with E-state index in [1.807, 2.05) is 19.9 Å². The normalized spacial score (nSPS) is 14.8. The summed E-state index contributed by atoms with van der Waals surface area (Å²) < 4.78 is 39.2. The number of carbonyl (C=O) groups excluding carboxylic acids is 1. The molecule has 2 heterocycles. The lowest BCUT2D eigenvalue weighted by Gasteiger charge is -2.07. The Morgan fingerprint density at radius 1 is 1.40 bits per heavy atom. The van der Waals surface area contributed by atoms with Crippen molar-refractivity contribution in [1.82, 2.24) is 14.8 Å². The van der Waals surface area contributed by atoms with Crippen LogP contribution in [0.25, 0.3) is 0 Å². The van der Waals surface area contributed by atoms with Crippen LogP contribution in [-0.4, -0.2) is 39.0 Å². The molecule has 3 rings (SSSR count). The van der Waals surface area contributed by atoms with E-state index in [0.29, 0.717) is 15.9 Å². The van der Waals surface area contributed by atoms with Crippen LogP contribution < -0.4 is 5.32 Å². The van der Waals surface area contributed by atoms with Crippen molar-refractivity contribution in [3.05, 3.63) is 23.0 Å². The van der Waals surface area contributed by atoms with Crippen molar-refractivity contribution in [3.8, 4) is 0 Å². The summed E-state index contributed by atoms with van der Waals surface area (Å²) >= 11 is 2.20. The molecule has 25 heavy (non-hydrogen) atoms. The molecule has 0 aromatic carbocycles. The molecule has 0 bridgehead atoms. The molecule has 2 aromatic heterocycles. The zero-order valence-corrected chi connectivity index (χ0v) is 15.3. The number of rotatable bonds is 7. The summed E-state index contributed by atoms with van der Waals surface area (Å²) in [6, 6.07) is 2.42. The fourth-order valence-electron chi connectivity index (χ4n) is 2.67. The molecule has 10 heteroatoms. The Balaban J connectivity index is 1.58. The van der Waals surface area contributed by atoms with Gasteiger partial charge in [-0.15, -0.1) is 10.2 Å². The Morgan fingerprint density at radius 3 is 2.76 bits per heavy atom. The highest BCUT2D eigenvalue weighted by molar-refractivity contribution is 8.01. The lowest BCUT2D eigenvalue weighted by molar-refractivity contribution is -0.115. The van der Waals surface area contributed by atoms with E-state index in [0.717, 1.165) is 35.6 Å². The molecule has 136 valence electrons. The Morgan fingerprint density at radius 2 is 2.12 bits per heavy atom. The number of aromatic nitrogens is 3. The highest BCUT2D eigenvalue weighted by Gasteiger charge is 2.29. The van der Waals surface area contributed by atoms with Crippen molar-refractivity contribution in [2.75, 3.05) is 17.6 Å². The van der Waals surface area contributed by atoms with Gasteiger partial charge in [-0.1, -0.05) is 23.1 Å². The first-order valence-electron chi connectivity index (χ1n) is 7.73. The van der Waals surface area contributed by atoms with Gasteiger partial charge in [-0.3, -0.25) is 4.79 Å². The molecule has 0 aliphatic heterocycles. The minimum Gasteiger partial charge on any atom is -0.351 e. The second-order valence-electron chi connectivity index (χ2n) is 5.94. The number of hydrogen-bond acceptors (Lipinski definition) is 6. The van der Waals surface area contributed by atoms with Crippen LogP contribution in [0.4, 0.5) is 18.3 Å². The number of thioether (sulfide) groups is 1. The van der Waals surface area contributed by atoms with E-state index in [1.54, 1.807) is 0 Å². The van der Waals surface area contributed by atoms with Gasteiger partial charge in [-0.2, -0.15) is 13.2 Å². The number of anilines is 1. The summed E-state index contributed by atoms with van der Waals surface area (Å²) in [5.41, 5.74) is 2.77. The monoisotopic (exact) mass is 390 g/mol. The predicted molar refractivity (Wildman–Crippen MR) is 91.7 cm³/mol. The molecular formula is C15H17F3N4OS2. The third-order valence-corrected chi connectivity index (χ3v) is 5.88. The molecule has 0 amide bonds. The van der Waals surface area contributed by atoms with E-state index in [-0.39, 0.29) is 16.7 Å². The lowest BCUT2D eigenvalue weighted by atomic mass is 10.2. The maximum atomic E-state index is 12.5. The van der Waals surface area contributed by atoms with E-state index in [9.17, 15) is 18.0 Å². The van der Waals surface area contributed by atoms with Crippen LogP contribution in [0.15, 0.2) is 10.4 Å². The number of ketones is 1. The third-order valence-electron chi connectivity index (χ3n) is 3.87. The molecule has 1 aliphatic carbocycles. The number of hydrogen-bond donors (Lipinski definition) is 1. The van der Waals surface area contributed by atoms with Crippen LogP contribution in [-0.2, 0) is 0 Å². The van der Waals surface area contributed by atoms with Gasteiger partial charge in [0.15, 0.2) is 10.1 Å². The van der Waals surface area contributed by atoms with Crippen LogP contribution in [0.5, 0.6) is 0 Å². The van der Waals surface area contributed by atoms with Crippen LogP contribution >= 0.6 is 23.1 Å². The first-order chi connectivity index (χ1) is 11.7. The zero-order valence-electron chi connectivity index (χ0n) is 13.7. The summed E-state index contributed by atoms with van der Waals surface area (Å²) in [4.78, 5) is 12.5. The van der Waals surface area contributed by atoms with E-state index in [1.165, 1.54) is 11.8 Å². The fourth-order valence-corrected chi connectivity index (χ4v) is 4.31. The van der Waals surface area contributed by atoms with Crippen molar-refractivity contribution >= 4 is 34.0 Å². The van der Waals surface area contributed by atoms with Gasteiger partial charge < -0.3 is 9.88 Å². The fraction of sp³-hybridized carbons (Fsp3) is 0.533. The van der Waals surface area contributed by atoms with Crippen molar-refractivity contribution in [1.29, 1.82) is 0 Å². The summed E-state index contributed by atoms with van der Waals surface area (Å²) in [6.45, 7) is 2.80. The SMILES string of the molecule is Cc1cc(C(=O)CSc2nnc(NCC(F)(F)F)s2)c(C)n1C1CC1. The van der Waals surface area contributed by atoms with E-state index < -0.39 is 12.7 Å². The summed E-state index contributed by atoms with van der Waals surface area (Å²) in [7, 11) is 0. The number of nitrogens with zero attached hydrogens (tertiary/aromatic N) is 3. The van der Waals surface area contributed by atoms with Crippen LogP contribution in [0.1, 0.15) is 40.6 Å². The average molecular weight is 390 g/mol. The Kier molecular flexibility index (Phi) is 5.10. The number of aryl methyl sites for hydroxylation is 1. The first-order valence-corrected chi connectivity index (χ1v) is 9.53. The van der Waals surface area contributed by atoms with E-state index >= 15 is 0 Å². The van der Waals surface area contributed by atoms with Gasteiger partial charge in [0.1, 0.15) is 6.54 Å². The summed E-state index contributed by atoms with van der Waals surface area (Å²) in [6.07, 6.45) is -2.01. The maximum Gasteiger partial charge on any atom is 0.405 e. The van der Waals surface area contributed by atoms with Crippen molar-refractivity contribution < 1.29 is 18.0 Å². The van der Waals surface area contributed by atoms with Crippen molar-refractivity contribution in [2.24, 2.45) is 0 Å². The molecule has 2 aromatic rings. The number of Topliss-reactive ketones (excluding diaryl/α,β-unsaturated/α-hetero) is 1. The quantitative estimate of drug-likeness (QED) is 0.566. The minimum atomic E-state index is -4.31. The van der Waals surface area contributed by atoms with Gasteiger partial charge >= 0.3 is 6.18 Å². The standard InChI is InChI=1S/C15H17F3N4OS2/c1-8-5-11(9(2)22(8)10-3-4-10)12(23)6-24-14-21-20-13(25-14)19-7-15(16,17)18/h5,10H,3-4,6-7H2,1-2H3,(H,19,20). The van der Waals surface area contributed by atoms with Gasteiger partial charge in [0.25, 0.3) is 0 Å². The van der Waals surface area contributed by atoms with Crippen LogP contribution in [0, 0.1) is 13.8 Å². The number of nitrogens with one attached hydrogen (secondary N) is 1. The van der Waals surface area contributed by atoms with E-state index in [2.05, 4.69) is 20.1 Å². The van der Waals surface area contributed by atoms with Gasteiger partial charge in [0.2, 0.25) is 5.13 Å². The number of alkyl halides is 3. The molecule has 1 saturated carbocycles. The topological polar surface area (TPSA) is 59.8 Å².